The molecule has 0 radical (unpaired) electrons. The Morgan fingerprint density at radius 2 is 1.89 bits per heavy atom. The van der Waals surface area contributed by atoms with Crippen molar-refractivity contribution in [2.24, 2.45) is 10.8 Å². The molecule has 1 atom stereocenters. The van der Waals surface area contributed by atoms with Gasteiger partial charge in [0.05, 0.1) is 5.41 Å². The van der Waals surface area contributed by atoms with Crippen molar-refractivity contribution in [2.75, 3.05) is 13.1 Å². The third kappa shape index (κ3) is 3.13. The first kappa shape index (κ1) is 14.8. The summed E-state index contributed by atoms with van der Waals surface area (Å²) in [6, 6.07) is 0.631. The molecular weight excluding hydrogens is 238 g/mol. The van der Waals surface area contributed by atoms with Gasteiger partial charge in [-0.1, -0.05) is 27.2 Å². The minimum absolute atomic E-state index is 0.457. The van der Waals surface area contributed by atoms with Crippen LogP contribution in [0.2, 0.25) is 0 Å². The second-order valence-corrected chi connectivity index (χ2v) is 7.45. The van der Waals surface area contributed by atoms with Crippen molar-refractivity contribution in [1.82, 2.24) is 4.90 Å². The molecule has 0 aromatic rings. The topological polar surface area (TPSA) is 40.5 Å². The van der Waals surface area contributed by atoms with E-state index < -0.39 is 11.4 Å². The third-order valence-corrected chi connectivity index (χ3v) is 5.39. The first-order valence-electron chi connectivity index (χ1n) is 7.86. The summed E-state index contributed by atoms with van der Waals surface area (Å²) < 4.78 is 0. The number of rotatable bonds is 4. The van der Waals surface area contributed by atoms with Crippen molar-refractivity contribution in [3.8, 4) is 0 Å². The van der Waals surface area contributed by atoms with Gasteiger partial charge in [0.25, 0.3) is 0 Å². The molecule has 0 amide bonds. The lowest BCUT2D eigenvalue weighted by Gasteiger charge is -2.39. The molecule has 3 nitrogen and oxygen atoms in total. The van der Waals surface area contributed by atoms with E-state index >= 15 is 0 Å². The molecule has 1 aliphatic carbocycles. The van der Waals surface area contributed by atoms with E-state index in [0.717, 1.165) is 32.4 Å². The van der Waals surface area contributed by atoms with Crippen LogP contribution in [0.5, 0.6) is 0 Å². The number of carboxylic acid groups (broad SMARTS) is 1. The van der Waals surface area contributed by atoms with E-state index in [1.165, 1.54) is 25.7 Å². The molecule has 0 spiro atoms. The molecule has 19 heavy (non-hydrogen) atoms. The van der Waals surface area contributed by atoms with Crippen LogP contribution in [-0.4, -0.2) is 35.1 Å². The Morgan fingerprint density at radius 3 is 2.42 bits per heavy atom. The minimum Gasteiger partial charge on any atom is -0.481 e. The maximum absolute atomic E-state index is 11.6. The van der Waals surface area contributed by atoms with Gasteiger partial charge in [-0.25, -0.2) is 0 Å². The zero-order valence-corrected chi connectivity index (χ0v) is 12.7. The van der Waals surface area contributed by atoms with Gasteiger partial charge in [-0.2, -0.15) is 0 Å². The number of aliphatic carboxylic acids is 1. The van der Waals surface area contributed by atoms with E-state index in [0.29, 0.717) is 11.5 Å². The standard InChI is InChI=1S/C16H29NO2/c1-4-7-16(14(18)19)10-11-17(12-16)13-5-8-15(2,3)9-6-13/h13H,4-12H2,1-3H3,(H,18,19). The largest absolute Gasteiger partial charge is 0.481 e. The SMILES string of the molecule is CCCC1(C(=O)O)CCN(C2CCC(C)(C)CC2)C1. The quantitative estimate of drug-likeness (QED) is 0.847. The normalized spacial score (nSPS) is 32.6. The second-order valence-electron chi connectivity index (χ2n) is 7.45. The Kier molecular flexibility index (Phi) is 4.24. The van der Waals surface area contributed by atoms with Gasteiger partial charge in [0, 0.05) is 12.6 Å². The summed E-state index contributed by atoms with van der Waals surface area (Å²) in [5, 5.41) is 9.57. The van der Waals surface area contributed by atoms with Gasteiger partial charge in [-0.15, -0.1) is 0 Å². The summed E-state index contributed by atoms with van der Waals surface area (Å²) in [6.07, 6.45) is 7.69. The van der Waals surface area contributed by atoms with Gasteiger partial charge in [0.1, 0.15) is 0 Å². The smallest absolute Gasteiger partial charge is 0.310 e. The first-order valence-corrected chi connectivity index (χ1v) is 7.86. The summed E-state index contributed by atoms with van der Waals surface area (Å²) in [7, 11) is 0. The fraction of sp³-hybridized carbons (Fsp3) is 0.938. The Labute approximate surface area is 117 Å². The maximum Gasteiger partial charge on any atom is 0.310 e. The number of nitrogens with zero attached hydrogens (tertiary/aromatic N) is 1. The fourth-order valence-electron chi connectivity index (χ4n) is 3.93. The molecule has 1 heterocycles. The summed E-state index contributed by atoms with van der Waals surface area (Å²) in [4.78, 5) is 14.1. The van der Waals surface area contributed by atoms with Gasteiger partial charge < -0.3 is 5.11 Å². The van der Waals surface area contributed by atoms with Crippen LogP contribution in [0.1, 0.15) is 65.7 Å². The van der Waals surface area contributed by atoms with Crippen molar-refractivity contribution < 1.29 is 9.90 Å². The summed E-state index contributed by atoms with van der Waals surface area (Å²) in [5.41, 5.74) is 0.0330. The highest BCUT2D eigenvalue weighted by molar-refractivity contribution is 5.75. The van der Waals surface area contributed by atoms with Gasteiger partial charge in [-0.05, 0) is 50.5 Å². The lowest BCUT2D eigenvalue weighted by Crippen LogP contribution is -2.41. The van der Waals surface area contributed by atoms with Crippen LogP contribution in [0.4, 0.5) is 0 Å². The molecule has 110 valence electrons. The van der Waals surface area contributed by atoms with Crippen LogP contribution < -0.4 is 0 Å². The molecule has 2 rings (SSSR count). The van der Waals surface area contributed by atoms with Crippen molar-refractivity contribution in [3.63, 3.8) is 0 Å². The highest BCUT2D eigenvalue weighted by Gasteiger charge is 2.46. The average Bonchev–Trinajstić information content (AvgIpc) is 2.75. The minimum atomic E-state index is -0.576. The zero-order valence-electron chi connectivity index (χ0n) is 12.7. The fourth-order valence-corrected chi connectivity index (χ4v) is 3.93. The van der Waals surface area contributed by atoms with Crippen LogP contribution >= 0.6 is 0 Å². The zero-order chi connectivity index (χ0) is 14.1. The first-order chi connectivity index (χ1) is 8.88. The van der Waals surface area contributed by atoms with Crippen molar-refractivity contribution in [2.45, 2.75) is 71.8 Å². The van der Waals surface area contributed by atoms with Crippen molar-refractivity contribution >= 4 is 5.97 Å². The van der Waals surface area contributed by atoms with Gasteiger partial charge >= 0.3 is 5.97 Å². The number of carboxylic acids is 1. The Bertz CT molecular complexity index is 330. The Morgan fingerprint density at radius 1 is 1.26 bits per heavy atom. The number of carbonyl (C=O) groups is 1. The molecule has 2 aliphatic rings. The molecule has 1 aliphatic heterocycles. The van der Waals surface area contributed by atoms with Crippen molar-refractivity contribution in [3.05, 3.63) is 0 Å². The summed E-state index contributed by atoms with van der Waals surface area (Å²) in [5.74, 6) is -0.576. The van der Waals surface area contributed by atoms with Crippen LogP contribution in [0, 0.1) is 10.8 Å². The molecule has 3 heteroatoms. The Hall–Kier alpha value is -0.570. The molecular formula is C16H29NO2. The van der Waals surface area contributed by atoms with Crippen molar-refractivity contribution in [1.29, 1.82) is 0 Å². The molecule has 1 N–H and O–H groups in total. The van der Waals surface area contributed by atoms with Gasteiger partial charge in [0.2, 0.25) is 0 Å². The predicted molar refractivity (Wildman–Crippen MR) is 77.2 cm³/mol. The lowest BCUT2D eigenvalue weighted by atomic mass is 9.75. The van der Waals surface area contributed by atoms with E-state index in [1.54, 1.807) is 0 Å². The number of hydrogen-bond donors (Lipinski definition) is 1. The van der Waals surface area contributed by atoms with Gasteiger partial charge in [0.15, 0.2) is 0 Å². The van der Waals surface area contributed by atoms with Crippen LogP contribution in [0.25, 0.3) is 0 Å². The molecule has 1 unspecified atom stereocenters. The molecule has 1 saturated carbocycles. The predicted octanol–water partition coefficient (Wildman–Crippen LogP) is 3.53. The van der Waals surface area contributed by atoms with E-state index in [-0.39, 0.29) is 0 Å². The third-order valence-electron chi connectivity index (χ3n) is 5.39. The van der Waals surface area contributed by atoms with Gasteiger partial charge in [-0.3, -0.25) is 9.69 Å². The van der Waals surface area contributed by atoms with E-state index in [1.807, 2.05) is 0 Å². The molecule has 0 aromatic carbocycles. The second kappa shape index (κ2) is 5.43. The molecule has 2 fully saturated rings. The average molecular weight is 267 g/mol. The monoisotopic (exact) mass is 267 g/mol. The van der Waals surface area contributed by atoms with E-state index in [4.69, 9.17) is 0 Å². The maximum atomic E-state index is 11.6. The van der Waals surface area contributed by atoms with Crippen LogP contribution in [0.3, 0.4) is 0 Å². The van der Waals surface area contributed by atoms with Crippen LogP contribution in [0.15, 0.2) is 0 Å². The molecule has 1 saturated heterocycles. The van der Waals surface area contributed by atoms with E-state index in [9.17, 15) is 9.90 Å². The summed E-state index contributed by atoms with van der Waals surface area (Å²) in [6.45, 7) is 8.56. The lowest BCUT2D eigenvalue weighted by molar-refractivity contribution is -0.148. The summed E-state index contributed by atoms with van der Waals surface area (Å²) >= 11 is 0. The highest BCUT2D eigenvalue weighted by Crippen LogP contribution is 2.42. The molecule has 0 aromatic heterocycles. The Balaban J connectivity index is 1.96. The van der Waals surface area contributed by atoms with E-state index in [2.05, 4.69) is 25.7 Å². The molecule has 0 bridgehead atoms. The number of hydrogen-bond acceptors (Lipinski definition) is 2. The highest BCUT2D eigenvalue weighted by atomic mass is 16.4. The van der Waals surface area contributed by atoms with Crippen LogP contribution in [-0.2, 0) is 4.79 Å². The number of likely N-dealkylation sites (tertiary alicyclic amines) is 1.